The van der Waals surface area contributed by atoms with Gasteiger partial charge in [-0.15, -0.1) is 12.3 Å². The van der Waals surface area contributed by atoms with E-state index in [1.165, 1.54) is 19.9 Å². The van der Waals surface area contributed by atoms with Crippen LogP contribution in [0.15, 0.2) is 23.3 Å². The molecule has 1 N–H and O–H groups in total. The van der Waals surface area contributed by atoms with Crippen molar-refractivity contribution in [2.45, 2.75) is 45.3 Å². The zero-order valence-electron chi connectivity index (χ0n) is 15.5. The molecular formula is C18H19BN2O7. The summed E-state index contributed by atoms with van der Waals surface area (Å²) < 4.78 is 15.4. The van der Waals surface area contributed by atoms with Crippen LogP contribution in [-0.2, 0) is 25.5 Å². The molecule has 0 saturated carbocycles. The molecule has 2 atom stereocenters. The van der Waals surface area contributed by atoms with Gasteiger partial charge in [-0.2, -0.15) is 4.91 Å². The Kier molecular flexibility index (Phi) is 7.15. The van der Waals surface area contributed by atoms with Gasteiger partial charge in [0.2, 0.25) is 12.2 Å². The van der Waals surface area contributed by atoms with Crippen molar-refractivity contribution in [2.75, 3.05) is 0 Å². The first kappa shape index (κ1) is 21.0. The summed E-state index contributed by atoms with van der Waals surface area (Å²) in [7, 11) is -1.22. The molecule has 146 valence electrons. The van der Waals surface area contributed by atoms with E-state index in [4.69, 9.17) is 20.6 Å². The first-order valence-corrected chi connectivity index (χ1v) is 8.57. The third-order valence-electron chi connectivity index (χ3n) is 3.89. The summed E-state index contributed by atoms with van der Waals surface area (Å²) in [5.74, 6) is 0.104. The summed E-state index contributed by atoms with van der Waals surface area (Å²) in [6, 6.07) is 4.76. The van der Waals surface area contributed by atoms with Crippen LogP contribution in [0.4, 0.5) is 0 Å². The molecule has 0 radical (unpaired) electrons. The minimum Gasteiger partial charge on any atom is -0.536 e. The number of para-hydroxylation sites is 1. The molecule has 0 aromatic heterocycles. The molecule has 1 aliphatic heterocycles. The molecule has 9 nitrogen and oxygen atoms in total. The lowest BCUT2D eigenvalue weighted by molar-refractivity contribution is -0.162. The Hall–Kier alpha value is -3.35. The fraction of sp³-hybridized carbons (Fsp3) is 0.389. The lowest BCUT2D eigenvalue weighted by Gasteiger charge is -2.28. The van der Waals surface area contributed by atoms with E-state index in [-0.39, 0.29) is 36.5 Å². The van der Waals surface area contributed by atoms with Crippen LogP contribution in [0, 0.1) is 17.3 Å². The third-order valence-corrected chi connectivity index (χ3v) is 3.89. The number of terminal acetylenes is 1. The Morgan fingerprint density at radius 1 is 1.43 bits per heavy atom. The van der Waals surface area contributed by atoms with Crippen LogP contribution in [-0.4, -0.2) is 37.1 Å². The number of ether oxygens (including phenoxy) is 2. The van der Waals surface area contributed by atoms with Crippen molar-refractivity contribution >= 4 is 24.9 Å². The number of fused-ring (bicyclic) bond motifs is 1. The van der Waals surface area contributed by atoms with Gasteiger partial charge in [-0.25, -0.2) is 4.79 Å². The van der Waals surface area contributed by atoms with Gasteiger partial charge < -0.3 is 19.4 Å². The van der Waals surface area contributed by atoms with Gasteiger partial charge in [-0.05, 0) is 18.1 Å². The van der Waals surface area contributed by atoms with E-state index in [2.05, 4.69) is 16.3 Å². The van der Waals surface area contributed by atoms with Gasteiger partial charge in [0.25, 0.3) is 0 Å². The Morgan fingerprint density at radius 3 is 2.82 bits per heavy atom. The Labute approximate surface area is 162 Å². The van der Waals surface area contributed by atoms with Gasteiger partial charge in [0.15, 0.2) is 0 Å². The summed E-state index contributed by atoms with van der Waals surface area (Å²) in [5.41, 5.74) is 0.652. The van der Waals surface area contributed by atoms with Crippen molar-refractivity contribution in [3.8, 4) is 18.1 Å². The van der Waals surface area contributed by atoms with E-state index in [9.17, 15) is 19.3 Å². The molecule has 1 amide bonds. The monoisotopic (exact) mass is 386 g/mol. The van der Waals surface area contributed by atoms with Gasteiger partial charge in [-0.3, -0.25) is 9.59 Å². The fourth-order valence-electron chi connectivity index (χ4n) is 2.74. The highest BCUT2D eigenvalue weighted by Crippen LogP contribution is 2.31. The summed E-state index contributed by atoms with van der Waals surface area (Å²) in [4.78, 5) is 46.5. The first-order valence-electron chi connectivity index (χ1n) is 8.57. The Bertz CT molecular complexity index is 821. The highest BCUT2D eigenvalue weighted by atomic mass is 16.7. The van der Waals surface area contributed by atoms with Crippen LogP contribution in [0.1, 0.15) is 42.6 Å². The number of hydrogen-bond donors (Lipinski definition) is 1. The molecule has 0 bridgehead atoms. The Morgan fingerprint density at radius 2 is 2.18 bits per heavy atom. The lowest BCUT2D eigenvalue weighted by atomic mass is 9.68. The number of esters is 2. The van der Waals surface area contributed by atoms with Crippen LogP contribution < -0.4 is 9.97 Å². The van der Waals surface area contributed by atoms with Gasteiger partial charge in [0.05, 0.1) is 5.94 Å². The number of carbonyl (C=O) groups excluding carboxylic acids is 3. The van der Waals surface area contributed by atoms with Crippen molar-refractivity contribution in [1.29, 1.82) is 0 Å². The molecule has 1 aromatic rings. The van der Waals surface area contributed by atoms with Crippen LogP contribution in [0.2, 0.25) is 0 Å². The van der Waals surface area contributed by atoms with Gasteiger partial charge >= 0.3 is 19.0 Å². The number of hydrogen-bond acceptors (Lipinski definition) is 8. The van der Waals surface area contributed by atoms with Gasteiger partial charge in [0, 0.05) is 26.7 Å². The zero-order chi connectivity index (χ0) is 20.7. The van der Waals surface area contributed by atoms with E-state index in [0.717, 1.165) is 0 Å². The standard InChI is InChI=1S/C18H19BN2O7/c1-4-5-9-16(23)20-15-10-13-7-6-8-14(17(13)28-19(15)21-25)18(24)27-12(3)26-11(2)22/h1,6-8,12,15H,5,9-10H2,2-3H3,(H,20,23)/t12?,15-/m0/s1. The molecule has 28 heavy (non-hydrogen) atoms. The molecule has 1 heterocycles. The average Bonchev–Trinajstić information content (AvgIpc) is 2.64. The number of benzene rings is 1. The zero-order valence-corrected chi connectivity index (χ0v) is 15.5. The molecular weight excluding hydrogens is 367 g/mol. The quantitative estimate of drug-likeness (QED) is 0.247. The number of nitrogens with zero attached hydrogens (tertiary/aromatic N) is 1. The molecule has 0 spiro atoms. The van der Waals surface area contributed by atoms with Gasteiger partial charge in [0.1, 0.15) is 11.3 Å². The number of nitrogens with one attached hydrogen (secondary N) is 1. The van der Waals surface area contributed by atoms with Crippen LogP contribution in [0.5, 0.6) is 5.75 Å². The Balaban J connectivity index is 2.18. The topological polar surface area (TPSA) is 120 Å². The SMILES string of the molecule is C#CCCC(=O)N[C@H]1Cc2cccc(C(=O)OC(C)OC(C)=O)c2OB1N=O. The number of amides is 1. The normalized spacial score (nSPS) is 15.9. The predicted octanol–water partition coefficient (Wildman–Crippen LogP) is 1.38. The van der Waals surface area contributed by atoms with E-state index in [0.29, 0.717) is 5.56 Å². The molecule has 1 unspecified atom stereocenters. The van der Waals surface area contributed by atoms with Crippen LogP contribution in [0.25, 0.3) is 0 Å². The summed E-state index contributed by atoms with van der Waals surface area (Å²) in [6.45, 7) is 2.59. The van der Waals surface area contributed by atoms with Crippen LogP contribution in [0.3, 0.4) is 0 Å². The third kappa shape index (κ3) is 5.33. The maximum atomic E-state index is 12.4. The largest absolute Gasteiger partial charge is 0.570 e. The minimum absolute atomic E-state index is 0.0576. The second kappa shape index (κ2) is 9.55. The van der Waals surface area contributed by atoms with Crippen molar-refractivity contribution in [3.05, 3.63) is 34.2 Å². The van der Waals surface area contributed by atoms with Crippen molar-refractivity contribution in [2.24, 2.45) is 5.09 Å². The smallest absolute Gasteiger partial charge is 0.536 e. The number of carbonyl (C=O) groups is 3. The maximum Gasteiger partial charge on any atom is 0.570 e. The highest BCUT2D eigenvalue weighted by Gasteiger charge is 2.40. The van der Waals surface area contributed by atoms with E-state index >= 15 is 0 Å². The van der Waals surface area contributed by atoms with E-state index < -0.39 is 31.2 Å². The minimum atomic E-state index is -1.22. The van der Waals surface area contributed by atoms with Crippen molar-refractivity contribution in [3.63, 3.8) is 0 Å². The first-order chi connectivity index (χ1) is 13.3. The molecule has 2 rings (SSSR count). The second-order valence-corrected chi connectivity index (χ2v) is 6.07. The average molecular weight is 386 g/mol. The molecule has 10 heteroatoms. The highest BCUT2D eigenvalue weighted by molar-refractivity contribution is 6.53. The summed E-state index contributed by atoms with van der Waals surface area (Å²) >= 11 is 0. The molecule has 0 fully saturated rings. The summed E-state index contributed by atoms with van der Waals surface area (Å²) in [6.07, 6.45) is 4.66. The van der Waals surface area contributed by atoms with Gasteiger partial charge in [-0.1, -0.05) is 17.2 Å². The number of nitroso groups, excluding NO2 is 1. The maximum absolute atomic E-state index is 12.4. The summed E-state index contributed by atoms with van der Waals surface area (Å²) in [5, 5.41) is 5.58. The molecule has 1 aliphatic rings. The van der Waals surface area contributed by atoms with E-state index in [1.54, 1.807) is 12.1 Å². The second-order valence-electron chi connectivity index (χ2n) is 6.07. The predicted molar refractivity (Wildman–Crippen MR) is 99.0 cm³/mol. The van der Waals surface area contributed by atoms with Crippen molar-refractivity contribution < 1.29 is 28.5 Å². The lowest BCUT2D eigenvalue weighted by Crippen LogP contribution is -2.52. The van der Waals surface area contributed by atoms with Crippen molar-refractivity contribution in [1.82, 2.24) is 5.32 Å². The molecule has 1 aromatic carbocycles. The molecule has 0 aliphatic carbocycles. The van der Waals surface area contributed by atoms with E-state index in [1.807, 2.05) is 0 Å². The fourth-order valence-corrected chi connectivity index (χ4v) is 2.74. The number of rotatable bonds is 7. The van der Waals surface area contributed by atoms with Crippen LogP contribution >= 0.6 is 0 Å². The molecule has 0 saturated heterocycles.